The maximum Gasteiger partial charge on any atom is 0.408 e. The van der Waals surface area contributed by atoms with E-state index in [0.717, 1.165) is 27.6 Å². The minimum atomic E-state index is -1.16. The molecule has 4 rings (SSSR count). The van der Waals surface area contributed by atoms with Crippen molar-refractivity contribution in [1.82, 2.24) is 15.6 Å². The average molecular weight is 486 g/mol. The van der Waals surface area contributed by atoms with Crippen LogP contribution in [-0.2, 0) is 33.8 Å². The summed E-state index contributed by atoms with van der Waals surface area (Å²) in [6, 6.07) is 23.6. The summed E-state index contributed by atoms with van der Waals surface area (Å²) in [6.45, 7) is 0.0415. The van der Waals surface area contributed by atoms with E-state index in [2.05, 4.69) is 15.6 Å². The number of hydrogen-bond donors (Lipinski definition) is 4. The Morgan fingerprint density at radius 3 is 2.11 bits per heavy atom. The number of hydrogen-bond acceptors (Lipinski definition) is 4. The topological polar surface area (TPSA) is 121 Å². The van der Waals surface area contributed by atoms with Crippen molar-refractivity contribution in [2.75, 3.05) is 0 Å². The van der Waals surface area contributed by atoms with Crippen LogP contribution in [0.2, 0.25) is 0 Å². The lowest BCUT2D eigenvalue weighted by atomic mass is 10.0. The molecular formula is C28H27N3O5. The number of amides is 2. The van der Waals surface area contributed by atoms with Gasteiger partial charge in [-0.15, -0.1) is 0 Å². The minimum absolute atomic E-state index is 0.0415. The summed E-state index contributed by atoms with van der Waals surface area (Å²) in [5.41, 5.74) is 3.28. The van der Waals surface area contributed by atoms with E-state index in [1.807, 2.05) is 60.7 Å². The Morgan fingerprint density at radius 2 is 1.42 bits per heavy atom. The van der Waals surface area contributed by atoms with Crippen molar-refractivity contribution in [3.05, 3.63) is 108 Å². The fourth-order valence-electron chi connectivity index (χ4n) is 3.96. The molecule has 4 aromatic rings. The predicted octanol–water partition coefficient (Wildman–Crippen LogP) is 3.82. The van der Waals surface area contributed by atoms with Crippen molar-refractivity contribution in [2.24, 2.45) is 0 Å². The Hall–Kier alpha value is -4.59. The van der Waals surface area contributed by atoms with Gasteiger partial charge < -0.3 is 25.5 Å². The number of nitrogens with one attached hydrogen (secondary N) is 3. The molecule has 36 heavy (non-hydrogen) atoms. The Labute approximate surface area is 208 Å². The highest BCUT2D eigenvalue weighted by Crippen LogP contribution is 2.19. The second-order valence-electron chi connectivity index (χ2n) is 8.41. The fraction of sp³-hybridized carbons (Fsp3) is 0.179. The highest BCUT2D eigenvalue weighted by molar-refractivity contribution is 5.91. The van der Waals surface area contributed by atoms with Crippen molar-refractivity contribution in [3.8, 4) is 0 Å². The first-order chi connectivity index (χ1) is 17.5. The van der Waals surface area contributed by atoms with E-state index in [9.17, 15) is 19.5 Å². The lowest BCUT2D eigenvalue weighted by Crippen LogP contribution is -2.53. The van der Waals surface area contributed by atoms with Gasteiger partial charge >= 0.3 is 12.1 Å². The van der Waals surface area contributed by atoms with Gasteiger partial charge in [-0.3, -0.25) is 4.79 Å². The first kappa shape index (κ1) is 24.5. The number of carboxylic acid groups (broad SMARTS) is 1. The number of benzene rings is 3. The maximum atomic E-state index is 13.3. The number of aromatic amines is 1. The van der Waals surface area contributed by atoms with Crippen LogP contribution in [0.15, 0.2) is 91.1 Å². The zero-order valence-electron chi connectivity index (χ0n) is 19.5. The van der Waals surface area contributed by atoms with Gasteiger partial charge in [-0.25, -0.2) is 9.59 Å². The highest BCUT2D eigenvalue weighted by Gasteiger charge is 2.28. The number of H-pyrrole nitrogens is 1. The first-order valence-corrected chi connectivity index (χ1v) is 11.6. The van der Waals surface area contributed by atoms with Gasteiger partial charge in [-0.1, -0.05) is 78.9 Å². The molecule has 3 aromatic carbocycles. The Morgan fingerprint density at radius 1 is 0.778 bits per heavy atom. The zero-order valence-corrected chi connectivity index (χ0v) is 19.5. The third-order valence-electron chi connectivity index (χ3n) is 5.82. The summed E-state index contributed by atoms with van der Waals surface area (Å²) in [7, 11) is 0. The molecule has 0 fully saturated rings. The van der Waals surface area contributed by atoms with E-state index in [1.165, 1.54) is 0 Å². The number of carbonyl (C=O) groups is 3. The second kappa shape index (κ2) is 11.7. The Kier molecular flexibility index (Phi) is 7.97. The zero-order chi connectivity index (χ0) is 25.3. The molecule has 8 heteroatoms. The molecular weight excluding hydrogens is 458 g/mol. The number of aliphatic carboxylic acids is 1. The van der Waals surface area contributed by atoms with Gasteiger partial charge in [0, 0.05) is 29.9 Å². The summed E-state index contributed by atoms with van der Waals surface area (Å²) in [6.07, 6.45) is 1.27. The van der Waals surface area contributed by atoms with E-state index >= 15 is 0 Å². The molecule has 184 valence electrons. The standard InChI is InChI=1S/C28H27N3O5/c32-26(30-25(27(33)34)15-19-9-3-1-4-10-19)24(16-21-17-29-23-14-8-7-13-22(21)23)31-28(35)36-18-20-11-5-2-6-12-20/h1-14,17,24-25,29H,15-16,18H2,(H,30,32)(H,31,35)(H,33,34)/t24-,25-/m0/s1. The SMILES string of the molecule is O=C(N[C@@H](Cc1c[nH]c2ccccc12)C(=O)N[C@@H](Cc1ccccc1)C(=O)O)OCc1ccccc1. The molecule has 0 unspecified atom stereocenters. The van der Waals surface area contributed by atoms with Crippen molar-refractivity contribution >= 4 is 28.9 Å². The monoisotopic (exact) mass is 485 g/mol. The number of para-hydroxylation sites is 1. The molecule has 0 aliphatic rings. The number of aromatic nitrogens is 1. The van der Waals surface area contributed by atoms with Crippen molar-refractivity contribution in [3.63, 3.8) is 0 Å². The average Bonchev–Trinajstić information content (AvgIpc) is 3.30. The predicted molar refractivity (Wildman–Crippen MR) is 135 cm³/mol. The van der Waals surface area contributed by atoms with E-state index in [1.54, 1.807) is 30.5 Å². The van der Waals surface area contributed by atoms with Crippen molar-refractivity contribution in [2.45, 2.75) is 31.5 Å². The van der Waals surface area contributed by atoms with Gasteiger partial charge in [-0.2, -0.15) is 0 Å². The molecule has 0 aliphatic carbocycles. The van der Waals surface area contributed by atoms with Crippen LogP contribution in [0.4, 0.5) is 4.79 Å². The Balaban J connectivity index is 1.50. The molecule has 1 heterocycles. The van der Waals surface area contributed by atoms with E-state index < -0.39 is 30.1 Å². The normalized spacial score (nSPS) is 12.4. The van der Waals surface area contributed by atoms with Crippen LogP contribution in [-0.4, -0.2) is 40.1 Å². The van der Waals surface area contributed by atoms with Gasteiger partial charge in [0.15, 0.2) is 0 Å². The number of alkyl carbamates (subject to hydrolysis) is 1. The van der Waals surface area contributed by atoms with Crippen LogP contribution in [0.3, 0.4) is 0 Å². The molecule has 1 aromatic heterocycles. The molecule has 4 N–H and O–H groups in total. The van der Waals surface area contributed by atoms with Gasteiger partial charge in [0.2, 0.25) is 5.91 Å². The van der Waals surface area contributed by atoms with Crippen LogP contribution in [0.25, 0.3) is 10.9 Å². The Bertz CT molecular complexity index is 1320. The summed E-state index contributed by atoms with van der Waals surface area (Å²) < 4.78 is 5.31. The van der Waals surface area contributed by atoms with E-state index in [0.29, 0.717) is 0 Å². The highest BCUT2D eigenvalue weighted by atomic mass is 16.5. The number of rotatable bonds is 10. The van der Waals surface area contributed by atoms with Gasteiger partial charge in [-0.05, 0) is 22.8 Å². The number of carboxylic acids is 1. The van der Waals surface area contributed by atoms with Crippen molar-refractivity contribution in [1.29, 1.82) is 0 Å². The number of carbonyl (C=O) groups excluding carboxylic acids is 2. The lowest BCUT2D eigenvalue weighted by Gasteiger charge is -2.21. The molecule has 0 bridgehead atoms. The maximum absolute atomic E-state index is 13.3. The van der Waals surface area contributed by atoms with E-state index in [-0.39, 0.29) is 19.4 Å². The molecule has 2 atom stereocenters. The quantitative estimate of drug-likeness (QED) is 0.272. The lowest BCUT2D eigenvalue weighted by molar-refractivity contribution is -0.142. The van der Waals surface area contributed by atoms with E-state index in [4.69, 9.17) is 4.74 Å². The van der Waals surface area contributed by atoms with Crippen LogP contribution in [0.1, 0.15) is 16.7 Å². The minimum Gasteiger partial charge on any atom is -0.480 e. The summed E-state index contributed by atoms with van der Waals surface area (Å²) in [5.74, 6) is -1.77. The molecule has 0 radical (unpaired) electrons. The van der Waals surface area contributed by atoms with Gasteiger partial charge in [0.05, 0.1) is 0 Å². The second-order valence-corrected chi connectivity index (χ2v) is 8.41. The summed E-state index contributed by atoms with van der Waals surface area (Å²) >= 11 is 0. The molecule has 0 saturated heterocycles. The summed E-state index contributed by atoms with van der Waals surface area (Å²) in [4.78, 5) is 40.9. The molecule has 8 nitrogen and oxygen atoms in total. The largest absolute Gasteiger partial charge is 0.480 e. The van der Waals surface area contributed by atoms with Crippen LogP contribution in [0.5, 0.6) is 0 Å². The number of ether oxygens (including phenoxy) is 1. The van der Waals surface area contributed by atoms with Crippen LogP contribution < -0.4 is 10.6 Å². The van der Waals surface area contributed by atoms with Crippen LogP contribution in [0, 0.1) is 0 Å². The molecule has 2 amide bonds. The third kappa shape index (κ3) is 6.50. The third-order valence-corrected chi connectivity index (χ3v) is 5.82. The van der Waals surface area contributed by atoms with Gasteiger partial charge in [0.25, 0.3) is 0 Å². The molecule has 0 saturated carbocycles. The first-order valence-electron chi connectivity index (χ1n) is 11.6. The summed E-state index contributed by atoms with van der Waals surface area (Å²) in [5, 5.41) is 15.8. The molecule has 0 spiro atoms. The fourth-order valence-corrected chi connectivity index (χ4v) is 3.96. The van der Waals surface area contributed by atoms with Crippen molar-refractivity contribution < 1.29 is 24.2 Å². The number of fused-ring (bicyclic) bond motifs is 1. The van der Waals surface area contributed by atoms with Crippen LogP contribution >= 0.6 is 0 Å². The smallest absolute Gasteiger partial charge is 0.408 e. The molecule has 0 aliphatic heterocycles. The van der Waals surface area contributed by atoms with Gasteiger partial charge in [0.1, 0.15) is 18.7 Å².